The number of fused-ring (bicyclic) bond motifs is 1. The van der Waals surface area contributed by atoms with Crippen molar-refractivity contribution < 1.29 is 4.74 Å². The lowest BCUT2D eigenvalue weighted by Crippen LogP contribution is -1.98. The average Bonchev–Trinajstić information content (AvgIpc) is 3.26. The molecule has 0 fully saturated rings. The molecule has 1 N–H and O–H groups in total. The standard InChI is InChI=1S/C18H13N5O/c19-9-14-2-1-13(11-23-6-5-20-12-23)7-18(14)24-16-4-3-15-10-21-22-17(15)8-16/h1-8,10,12H,11H2,(H,21,22). The predicted octanol–water partition coefficient (Wildman–Crippen LogP) is 3.47. The molecule has 0 unspecified atom stereocenters. The second-order valence-corrected chi connectivity index (χ2v) is 5.40. The lowest BCUT2D eigenvalue weighted by Gasteiger charge is -2.10. The van der Waals surface area contributed by atoms with E-state index in [1.807, 2.05) is 41.1 Å². The molecule has 2 aromatic carbocycles. The average molecular weight is 315 g/mol. The van der Waals surface area contributed by atoms with E-state index < -0.39 is 0 Å². The van der Waals surface area contributed by atoms with Crippen LogP contribution in [0, 0.1) is 11.3 Å². The number of benzene rings is 2. The number of imidazole rings is 1. The highest BCUT2D eigenvalue weighted by Gasteiger charge is 2.08. The molecule has 4 rings (SSSR count). The molecule has 0 aliphatic heterocycles. The summed E-state index contributed by atoms with van der Waals surface area (Å²) in [6.45, 7) is 0.668. The summed E-state index contributed by atoms with van der Waals surface area (Å²) in [5, 5.41) is 17.2. The number of hydrogen-bond donors (Lipinski definition) is 1. The van der Waals surface area contributed by atoms with Crippen molar-refractivity contribution in [3.05, 3.63) is 72.4 Å². The Morgan fingerprint density at radius 1 is 1.21 bits per heavy atom. The fraction of sp³-hybridized carbons (Fsp3) is 0.0556. The van der Waals surface area contributed by atoms with Crippen molar-refractivity contribution in [3.63, 3.8) is 0 Å². The molecular weight excluding hydrogens is 302 g/mol. The van der Waals surface area contributed by atoms with E-state index in [1.165, 1.54) is 0 Å². The van der Waals surface area contributed by atoms with Gasteiger partial charge in [-0.2, -0.15) is 10.4 Å². The number of nitriles is 1. The first-order chi connectivity index (χ1) is 11.8. The minimum atomic E-state index is 0.495. The smallest absolute Gasteiger partial charge is 0.145 e. The van der Waals surface area contributed by atoms with E-state index in [1.54, 1.807) is 24.8 Å². The summed E-state index contributed by atoms with van der Waals surface area (Å²) in [5.74, 6) is 1.19. The van der Waals surface area contributed by atoms with Crippen LogP contribution in [0.3, 0.4) is 0 Å². The Balaban J connectivity index is 1.66. The summed E-state index contributed by atoms with van der Waals surface area (Å²) < 4.78 is 7.90. The molecule has 0 atom stereocenters. The van der Waals surface area contributed by atoms with Crippen molar-refractivity contribution in [3.8, 4) is 17.6 Å². The van der Waals surface area contributed by atoms with Gasteiger partial charge in [0.15, 0.2) is 0 Å². The molecular formula is C18H13N5O. The molecule has 116 valence electrons. The Kier molecular flexibility index (Phi) is 3.45. The Labute approximate surface area is 137 Å². The largest absolute Gasteiger partial charge is 0.456 e. The zero-order valence-electron chi connectivity index (χ0n) is 12.7. The van der Waals surface area contributed by atoms with Gasteiger partial charge in [-0.25, -0.2) is 4.98 Å². The molecule has 0 aliphatic rings. The summed E-state index contributed by atoms with van der Waals surface area (Å²) in [4.78, 5) is 4.04. The number of nitrogens with zero attached hydrogens (tertiary/aromatic N) is 4. The van der Waals surface area contributed by atoms with Crippen LogP contribution in [0.25, 0.3) is 10.9 Å². The van der Waals surface area contributed by atoms with Crippen molar-refractivity contribution in [2.24, 2.45) is 0 Å². The molecule has 0 radical (unpaired) electrons. The highest BCUT2D eigenvalue weighted by atomic mass is 16.5. The molecule has 0 aliphatic carbocycles. The number of aromatic amines is 1. The molecule has 24 heavy (non-hydrogen) atoms. The van der Waals surface area contributed by atoms with Crippen LogP contribution in [0.4, 0.5) is 0 Å². The van der Waals surface area contributed by atoms with Gasteiger partial charge in [-0.3, -0.25) is 5.10 Å². The summed E-state index contributed by atoms with van der Waals surface area (Å²) in [5.41, 5.74) is 2.42. The van der Waals surface area contributed by atoms with E-state index >= 15 is 0 Å². The Morgan fingerprint density at radius 2 is 2.17 bits per heavy atom. The molecule has 0 amide bonds. The summed E-state index contributed by atoms with van der Waals surface area (Å²) in [6.07, 6.45) is 7.14. The van der Waals surface area contributed by atoms with Crippen LogP contribution in [0.2, 0.25) is 0 Å². The van der Waals surface area contributed by atoms with Crippen LogP contribution < -0.4 is 4.74 Å². The molecule has 0 saturated heterocycles. The van der Waals surface area contributed by atoms with E-state index in [2.05, 4.69) is 21.3 Å². The van der Waals surface area contributed by atoms with Gasteiger partial charge in [-0.15, -0.1) is 0 Å². The van der Waals surface area contributed by atoms with E-state index in [0.717, 1.165) is 16.5 Å². The number of nitrogens with one attached hydrogen (secondary N) is 1. The Morgan fingerprint density at radius 3 is 3.00 bits per heavy atom. The minimum Gasteiger partial charge on any atom is -0.456 e. The molecule has 0 saturated carbocycles. The monoisotopic (exact) mass is 315 g/mol. The van der Waals surface area contributed by atoms with Crippen molar-refractivity contribution in [2.45, 2.75) is 6.54 Å². The van der Waals surface area contributed by atoms with Crippen molar-refractivity contribution in [1.82, 2.24) is 19.7 Å². The van der Waals surface area contributed by atoms with Gasteiger partial charge in [0, 0.05) is 30.4 Å². The molecule has 6 heteroatoms. The Hall–Kier alpha value is -3.59. The SMILES string of the molecule is N#Cc1ccc(Cn2ccnc2)cc1Oc1ccc2cn[nH]c2c1. The highest BCUT2D eigenvalue weighted by molar-refractivity contribution is 5.79. The quantitative estimate of drug-likeness (QED) is 0.625. The maximum absolute atomic E-state index is 9.32. The number of rotatable bonds is 4. The lowest BCUT2D eigenvalue weighted by atomic mass is 10.1. The fourth-order valence-corrected chi connectivity index (χ4v) is 2.54. The second-order valence-electron chi connectivity index (χ2n) is 5.40. The second kappa shape index (κ2) is 5.89. The van der Waals surface area contributed by atoms with Crippen LogP contribution in [-0.2, 0) is 6.54 Å². The maximum atomic E-state index is 9.32. The van der Waals surface area contributed by atoms with Gasteiger partial charge >= 0.3 is 0 Å². The van der Waals surface area contributed by atoms with Crippen LogP contribution in [0.5, 0.6) is 11.5 Å². The van der Waals surface area contributed by atoms with E-state index in [-0.39, 0.29) is 0 Å². The van der Waals surface area contributed by atoms with Gasteiger partial charge in [0.05, 0.1) is 23.6 Å². The van der Waals surface area contributed by atoms with Gasteiger partial charge in [0.2, 0.25) is 0 Å². The van der Waals surface area contributed by atoms with Gasteiger partial charge < -0.3 is 9.30 Å². The maximum Gasteiger partial charge on any atom is 0.145 e. The third-order valence-corrected chi connectivity index (χ3v) is 3.73. The first-order valence-corrected chi connectivity index (χ1v) is 7.41. The highest BCUT2D eigenvalue weighted by Crippen LogP contribution is 2.28. The van der Waals surface area contributed by atoms with Gasteiger partial charge in [0.1, 0.15) is 17.6 Å². The molecule has 0 bridgehead atoms. The van der Waals surface area contributed by atoms with Crippen molar-refractivity contribution in [1.29, 1.82) is 5.26 Å². The topological polar surface area (TPSA) is 79.5 Å². The van der Waals surface area contributed by atoms with E-state index in [0.29, 0.717) is 23.6 Å². The third-order valence-electron chi connectivity index (χ3n) is 3.73. The zero-order chi connectivity index (χ0) is 16.4. The van der Waals surface area contributed by atoms with Crippen LogP contribution in [0.15, 0.2) is 61.3 Å². The van der Waals surface area contributed by atoms with Gasteiger partial charge in [-0.05, 0) is 29.8 Å². The van der Waals surface area contributed by atoms with Crippen molar-refractivity contribution >= 4 is 10.9 Å². The first-order valence-electron chi connectivity index (χ1n) is 7.41. The molecule has 4 aromatic rings. The van der Waals surface area contributed by atoms with E-state index in [9.17, 15) is 5.26 Å². The normalized spacial score (nSPS) is 10.6. The predicted molar refractivity (Wildman–Crippen MR) is 88.7 cm³/mol. The molecule has 6 nitrogen and oxygen atoms in total. The fourth-order valence-electron chi connectivity index (χ4n) is 2.54. The van der Waals surface area contributed by atoms with Crippen LogP contribution in [0.1, 0.15) is 11.1 Å². The number of ether oxygens (including phenoxy) is 1. The van der Waals surface area contributed by atoms with Crippen molar-refractivity contribution in [2.75, 3.05) is 0 Å². The minimum absolute atomic E-state index is 0.495. The number of H-pyrrole nitrogens is 1. The van der Waals surface area contributed by atoms with Gasteiger partial charge in [0.25, 0.3) is 0 Å². The third kappa shape index (κ3) is 2.71. The first kappa shape index (κ1) is 14.0. The lowest BCUT2D eigenvalue weighted by molar-refractivity contribution is 0.481. The van der Waals surface area contributed by atoms with E-state index in [4.69, 9.17) is 4.74 Å². The van der Waals surface area contributed by atoms with Gasteiger partial charge in [-0.1, -0.05) is 6.07 Å². The summed E-state index contributed by atoms with van der Waals surface area (Å²) in [7, 11) is 0. The molecule has 2 heterocycles. The van der Waals surface area contributed by atoms with Crippen LogP contribution >= 0.6 is 0 Å². The van der Waals surface area contributed by atoms with Crippen LogP contribution in [-0.4, -0.2) is 19.7 Å². The molecule has 2 aromatic heterocycles. The number of aromatic nitrogens is 4. The number of hydrogen-bond acceptors (Lipinski definition) is 4. The Bertz CT molecular complexity index is 1030. The summed E-state index contributed by atoms with van der Waals surface area (Å²) in [6, 6.07) is 13.4. The zero-order valence-corrected chi connectivity index (χ0v) is 12.7. The molecule has 0 spiro atoms. The summed E-state index contributed by atoms with van der Waals surface area (Å²) >= 11 is 0.